The SMILES string of the molecule is CCC(CC)n1nc(C(=O)NC2(CC(=O)O)CCCC2)cc1C. The number of rotatable bonds is 7. The van der Waals surface area contributed by atoms with Crippen LogP contribution in [0.15, 0.2) is 6.07 Å². The Labute approximate surface area is 137 Å². The van der Waals surface area contributed by atoms with Crippen LogP contribution in [0.1, 0.15) is 81.0 Å². The van der Waals surface area contributed by atoms with Crippen molar-refractivity contribution < 1.29 is 14.7 Å². The third-order valence-corrected chi connectivity index (χ3v) is 4.87. The Kier molecular flexibility index (Phi) is 5.44. The number of hydrogen-bond acceptors (Lipinski definition) is 3. The average Bonchev–Trinajstić information content (AvgIpc) is 3.08. The van der Waals surface area contributed by atoms with Crippen LogP contribution < -0.4 is 5.32 Å². The lowest BCUT2D eigenvalue weighted by molar-refractivity contribution is -0.138. The highest BCUT2D eigenvalue weighted by molar-refractivity contribution is 5.93. The minimum Gasteiger partial charge on any atom is -0.481 e. The van der Waals surface area contributed by atoms with Crippen LogP contribution in [0.25, 0.3) is 0 Å². The molecule has 0 radical (unpaired) electrons. The number of carboxylic acids is 1. The molecule has 0 unspecified atom stereocenters. The normalized spacial score (nSPS) is 16.7. The molecule has 0 atom stereocenters. The summed E-state index contributed by atoms with van der Waals surface area (Å²) < 4.78 is 1.91. The molecule has 1 aliphatic carbocycles. The molecule has 0 aliphatic heterocycles. The molecule has 2 rings (SSSR count). The molecule has 1 saturated carbocycles. The predicted octanol–water partition coefficient (Wildman–Crippen LogP) is 3.07. The number of carbonyl (C=O) groups is 2. The smallest absolute Gasteiger partial charge is 0.305 e. The molecule has 1 fully saturated rings. The Balaban J connectivity index is 2.17. The topological polar surface area (TPSA) is 84.2 Å². The zero-order valence-corrected chi connectivity index (χ0v) is 14.3. The maximum Gasteiger partial charge on any atom is 0.305 e. The standard InChI is InChI=1S/C17H27N3O3/c1-4-13(5-2)20-12(3)10-14(19-20)16(23)18-17(11-15(21)22)8-6-7-9-17/h10,13H,4-9,11H2,1-3H3,(H,18,23)(H,21,22). The average molecular weight is 321 g/mol. The molecule has 0 bridgehead atoms. The zero-order valence-electron chi connectivity index (χ0n) is 14.3. The molecule has 6 nitrogen and oxygen atoms in total. The molecular weight excluding hydrogens is 294 g/mol. The number of carbonyl (C=O) groups excluding carboxylic acids is 1. The van der Waals surface area contributed by atoms with Crippen molar-refractivity contribution in [2.24, 2.45) is 0 Å². The summed E-state index contributed by atoms with van der Waals surface area (Å²) in [5.41, 5.74) is 0.726. The maximum atomic E-state index is 12.6. The second-order valence-electron chi connectivity index (χ2n) is 6.60. The van der Waals surface area contributed by atoms with E-state index in [2.05, 4.69) is 24.3 Å². The molecular formula is C17H27N3O3. The van der Waals surface area contributed by atoms with Gasteiger partial charge in [0, 0.05) is 5.69 Å². The molecule has 1 aromatic heterocycles. The van der Waals surface area contributed by atoms with E-state index in [1.165, 1.54) is 0 Å². The van der Waals surface area contributed by atoms with E-state index in [1.54, 1.807) is 6.07 Å². The summed E-state index contributed by atoms with van der Waals surface area (Å²) in [6.07, 6.45) is 5.25. The van der Waals surface area contributed by atoms with E-state index in [1.807, 2.05) is 11.6 Å². The minimum atomic E-state index is -0.870. The van der Waals surface area contributed by atoms with Gasteiger partial charge < -0.3 is 10.4 Å². The highest BCUT2D eigenvalue weighted by atomic mass is 16.4. The molecule has 6 heteroatoms. The number of hydrogen-bond donors (Lipinski definition) is 2. The molecule has 0 aromatic carbocycles. The van der Waals surface area contributed by atoms with Gasteiger partial charge in [0.1, 0.15) is 5.69 Å². The Hall–Kier alpha value is -1.85. The Morgan fingerprint density at radius 1 is 1.35 bits per heavy atom. The van der Waals surface area contributed by atoms with Crippen LogP contribution >= 0.6 is 0 Å². The van der Waals surface area contributed by atoms with Crippen molar-refractivity contribution in [3.63, 3.8) is 0 Å². The summed E-state index contributed by atoms with van der Waals surface area (Å²) in [5, 5.41) is 16.6. The summed E-state index contributed by atoms with van der Waals surface area (Å²) >= 11 is 0. The van der Waals surface area contributed by atoms with Crippen LogP contribution in [-0.2, 0) is 4.79 Å². The van der Waals surface area contributed by atoms with E-state index in [4.69, 9.17) is 5.11 Å². The van der Waals surface area contributed by atoms with Gasteiger partial charge in [0.2, 0.25) is 0 Å². The fourth-order valence-corrected chi connectivity index (χ4v) is 3.60. The van der Waals surface area contributed by atoms with Crippen LogP contribution in [0.5, 0.6) is 0 Å². The van der Waals surface area contributed by atoms with Crippen molar-refractivity contribution in [3.05, 3.63) is 17.5 Å². The first-order valence-corrected chi connectivity index (χ1v) is 8.51. The molecule has 23 heavy (non-hydrogen) atoms. The Morgan fingerprint density at radius 3 is 2.48 bits per heavy atom. The number of aromatic nitrogens is 2. The second kappa shape index (κ2) is 7.15. The van der Waals surface area contributed by atoms with E-state index in [9.17, 15) is 9.59 Å². The molecule has 1 aliphatic rings. The molecule has 128 valence electrons. The highest BCUT2D eigenvalue weighted by Gasteiger charge is 2.38. The third kappa shape index (κ3) is 3.92. The van der Waals surface area contributed by atoms with E-state index in [-0.39, 0.29) is 18.4 Å². The number of aryl methyl sites for hydroxylation is 1. The summed E-state index contributed by atoms with van der Waals surface area (Å²) in [5.74, 6) is -1.13. The van der Waals surface area contributed by atoms with Gasteiger partial charge in [-0.3, -0.25) is 14.3 Å². The molecule has 2 N–H and O–H groups in total. The van der Waals surface area contributed by atoms with Gasteiger partial charge in [-0.15, -0.1) is 0 Å². The van der Waals surface area contributed by atoms with Crippen molar-refractivity contribution in [3.8, 4) is 0 Å². The lowest BCUT2D eigenvalue weighted by Gasteiger charge is -2.28. The number of nitrogens with zero attached hydrogens (tertiary/aromatic N) is 2. The van der Waals surface area contributed by atoms with Crippen LogP contribution in [-0.4, -0.2) is 32.3 Å². The fraction of sp³-hybridized carbons (Fsp3) is 0.706. The van der Waals surface area contributed by atoms with Crippen molar-refractivity contribution in [2.75, 3.05) is 0 Å². The van der Waals surface area contributed by atoms with Crippen molar-refractivity contribution >= 4 is 11.9 Å². The Morgan fingerprint density at radius 2 is 1.96 bits per heavy atom. The summed E-state index contributed by atoms with van der Waals surface area (Å²) in [7, 11) is 0. The van der Waals surface area contributed by atoms with Gasteiger partial charge in [-0.1, -0.05) is 26.7 Å². The molecule has 0 spiro atoms. The van der Waals surface area contributed by atoms with E-state index < -0.39 is 11.5 Å². The number of aliphatic carboxylic acids is 1. The van der Waals surface area contributed by atoms with Crippen molar-refractivity contribution in [1.29, 1.82) is 0 Å². The highest BCUT2D eigenvalue weighted by Crippen LogP contribution is 2.33. The van der Waals surface area contributed by atoms with Crippen LogP contribution in [0.3, 0.4) is 0 Å². The molecule has 1 aromatic rings. The molecule has 1 amide bonds. The summed E-state index contributed by atoms with van der Waals surface area (Å²) in [6, 6.07) is 2.08. The monoisotopic (exact) mass is 321 g/mol. The number of carboxylic acid groups (broad SMARTS) is 1. The summed E-state index contributed by atoms with van der Waals surface area (Å²) in [6.45, 7) is 6.16. The van der Waals surface area contributed by atoms with Gasteiger partial charge >= 0.3 is 5.97 Å². The minimum absolute atomic E-state index is 0.0228. The van der Waals surface area contributed by atoms with E-state index in [0.29, 0.717) is 5.69 Å². The first kappa shape index (κ1) is 17.5. The predicted molar refractivity (Wildman–Crippen MR) is 87.5 cm³/mol. The quantitative estimate of drug-likeness (QED) is 0.808. The van der Waals surface area contributed by atoms with E-state index >= 15 is 0 Å². The summed E-state index contributed by atoms with van der Waals surface area (Å²) in [4.78, 5) is 23.7. The zero-order chi connectivity index (χ0) is 17.0. The Bertz CT molecular complexity index is 570. The lowest BCUT2D eigenvalue weighted by atomic mass is 9.93. The first-order valence-electron chi connectivity index (χ1n) is 8.51. The maximum absolute atomic E-state index is 12.6. The van der Waals surface area contributed by atoms with Crippen LogP contribution in [0, 0.1) is 6.92 Å². The van der Waals surface area contributed by atoms with Gasteiger partial charge in [0.15, 0.2) is 0 Å². The third-order valence-electron chi connectivity index (χ3n) is 4.87. The van der Waals surface area contributed by atoms with Crippen LogP contribution in [0.2, 0.25) is 0 Å². The van der Waals surface area contributed by atoms with E-state index in [0.717, 1.165) is 44.2 Å². The fourth-order valence-electron chi connectivity index (χ4n) is 3.60. The molecule has 1 heterocycles. The largest absolute Gasteiger partial charge is 0.481 e. The van der Waals surface area contributed by atoms with Crippen molar-refractivity contribution in [2.45, 2.75) is 77.3 Å². The lowest BCUT2D eigenvalue weighted by Crippen LogP contribution is -2.48. The van der Waals surface area contributed by atoms with Crippen molar-refractivity contribution in [1.82, 2.24) is 15.1 Å². The molecule has 0 saturated heterocycles. The first-order chi connectivity index (χ1) is 10.9. The van der Waals surface area contributed by atoms with Gasteiger partial charge in [0.25, 0.3) is 5.91 Å². The number of nitrogens with one attached hydrogen (secondary N) is 1. The van der Waals surface area contributed by atoms with Gasteiger partial charge in [-0.25, -0.2) is 0 Å². The van der Waals surface area contributed by atoms with Crippen LogP contribution in [0.4, 0.5) is 0 Å². The second-order valence-corrected chi connectivity index (χ2v) is 6.60. The van der Waals surface area contributed by atoms with Gasteiger partial charge in [-0.05, 0) is 38.7 Å². The number of amides is 1. The van der Waals surface area contributed by atoms with Gasteiger partial charge in [-0.2, -0.15) is 5.10 Å². The van der Waals surface area contributed by atoms with Gasteiger partial charge in [0.05, 0.1) is 18.0 Å².